The third-order valence-electron chi connectivity index (χ3n) is 17.0. The maximum absolute atomic E-state index is 13.1. The van der Waals surface area contributed by atoms with E-state index >= 15 is 0 Å². The van der Waals surface area contributed by atoms with Crippen molar-refractivity contribution in [2.45, 2.75) is 202 Å². The maximum atomic E-state index is 13.1. The van der Waals surface area contributed by atoms with Gasteiger partial charge >= 0.3 is 6.09 Å². The first kappa shape index (κ1) is 66.9. The number of carbonyl (C=O) groups is 1. The van der Waals surface area contributed by atoms with Gasteiger partial charge in [-0.15, -0.1) is 0 Å². The van der Waals surface area contributed by atoms with E-state index in [9.17, 15) is 4.79 Å². The van der Waals surface area contributed by atoms with Crippen molar-refractivity contribution in [2.75, 3.05) is 50.7 Å². The Morgan fingerprint density at radius 3 is 1.41 bits per heavy atom. The number of rotatable bonds is 26. The van der Waals surface area contributed by atoms with Crippen LogP contribution in [0.3, 0.4) is 0 Å². The minimum atomic E-state index is -1.26. The molecule has 470 valence electrons. The number of amides is 1. The van der Waals surface area contributed by atoms with Crippen LogP contribution in [0.1, 0.15) is 68.6 Å². The number of ether oxygens (including phenoxy) is 5. The molecule has 0 aliphatic heterocycles. The number of hydrogen-bond acceptors (Lipinski definition) is 9. The number of anilines is 2. The van der Waals surface area contributed by atoms with E-state index in [-0.39, 0.29) is 17.4 Å². The largest absolute Gasteiger partial charge is 0.444 e. The highest BCUT2D eigenvalue weighted by Gasteiger charge is 2.35. The molecule has 9 rings (SSSR count). The molecule has 0 bridgehead atoms. The van der Waals surface area contributed by atoms with Gasteiger partial charge < -0.3 is 38.1 Å². The lowest BCUT2D eigenvalue weighted by Crippen LogP contribution is -2.26. The molecule has 4 aromatic heterocycles. The highest BCUT2D eigenvalue weighted by molar-refractivity contribution is 6.77. The molecule has 1 N–H and O–H groups in total. The summed E-state index contributed by atoms with van der Waals surface area (Å²) in [6.07, 6.45) is 5.92. The van der Waals surface area contributed by atoms with Crippen LogP contribution in [0.15, 0.2) is 78.9 Å². The zero-order chi connectivity index (χ0) is 62.4. The quantitative estimate of drug-likeness (QED) is 0.0417. The first-order valence-corrected chi connectivity index (χ1v) is 46.6. The fourth-order valence-corrected chi connectivity index (χ4v) is 14.2. The molecule has 0 radical (unpaired) electrons. The summed E-state index contributed by atoms with van der Waals surface area (Å²) in [6, 6.07) is 31.6. The predicted molar refractivity (Wildman–Crippen MR) is 369 cm³/mol. The molecule has 2 aliphatic carbocycles. The molecular weight excluding hydrogens is 1140 g/mol. The number of benzene rings is 3. The topological polar surface area (TPSA) is 124 Å². The SMILES string of the molecule is CN(C(=O)OCc1ccccc1)c1ccc2cc(-c3nn(COCC[Si](C)(C)C)c4c3CCC(C)(C)C4)n(COCC[Si](C)(C)C)c2c1.CNc1ccc2cc(-c3nn(COCC[Si](C)(C)C)c4c3CCC(C)(C)C4)n(COCC[Si](C)(C)C)c2c1. The van der Waals surface area contributed by atoms with Gasteiger partial charge in [-0.2, -0.15) is 10.2 Å². The van der Waals surface area contributed by atoms with Crippen LogP contribution in [0.5, 0.6) is 0 Å². The number of hydrogen-bond donors (Lipinski definition) is 1. The van der Waals surface area contributed by atoms with Crippen molar-refractivity contribution >= 4 is 71.6 Å². The van der Waals surface area contributed by atoms with Crippen LogP contribution < -0.4 is 10.2 Å². The van der Waals surface area contributed by atoms with Gasteiger partial charge in [0.05, 0.1) is 22.4 Å². The maximum Gasteiger partial charge on any atom is 0.414 e. The smallest absolute Gasteiger partial charge is 0.414 e. The lowest BCUT2D eigenvalue weighted by molar-refractivity contribution is 0.0746. The third-order valence-corrected chi connectivity index (χ3v) is 23.8. The Labute approximate surface area is 519 Å². The highest BCUT2D eigenvalue weighted by Crippen LogP contribution is 2.43. The molecule has 7 aromatic rings. The Morgan fingerprint density at radius 1 is 0.558 bits per heavy atom. The molecule has 0 saturated heterocycles. The summed E-state index contributed by atoms with van der Waals surface area (Å²) in [4.78, 5) is 14.7. The van der Waals surface area contributed by atoms with Crippen molar-refractivity contribution in [2.24, 2.45) is 10.8 Å². The molecule has 0 atom stereocenters. The second-order valence-corrected chi connectivity index (χ2v) is 53.4. The number of nitrogens with zero attached hydrogens (tertiary/aromatic N) is 7. The summed E-state index contributed by atoms with van der Waals surface area (Å²) in [6.45, 7) is 43.4. The highest BCUT2D eigenvalue weighted by atomic mass is 28.3. The Bertz CT molecular complexity index is 3390. The molecule has 3 aromatic carbocycles. The second-order valence-electron chi connectivity index (χ2n) is 30.9. The van der Waals surface area contributed by atoms with Crippen molar-refractivity contribution in [3.8, 4) is 22.8 Å². The first-order chi connectivity index (χ1) is 40.4. The van der Waals surface area contributed by atoms with Gasteiger partial charge in [-0.3, -0.25) is 4.90 Å². The number of carbonyl (C=O) groups excluding carboxylic acids is 1. The Kier molecular flexibility index (Phi) is 21.6. The van der Waals surface area contributed by atoms with Crippen molar-refractivity contribution in [1.29, 1.82) is 0 Å². The fourth-order valence-electron chi connectivity index (χ4n) is 11.2. The third kappa shape index (κ3) is 18.3. The lowest BCUT2D eigenvalue weighted by Gasteiger charge is -2.30. The minimum Gasteiger partial charge on any atom is -0.444 e. The molecule has 86 heavy (non-hydrogen) atoms. The number of aromatic nitrogens is 6. The molecule has 0 saturated carbocycles. The van der Waals surface area contributed by atoms with Crippen molar-refractivity contribution in [1.82, 2.24) is 28.7 Å². The molecule has 4 heterocycles. The van der Waals surface area contributed by atoms with E-state index in [0.29, 0.717) is 33.5 Å². The summed E-state index contributed by atoms with van der Waals surface area (Å²) in [5, 5.41) is 16.1. The summed E-state index contributed by atoms with van der Waals surface area (Å²) in [5.41, 5.74) is 15.1. The van der Waals surface area contributed by atoms with Crippen LogP contribution in [-0.4, -0.2) is 108 Å². The molecule has 0 fully saturated rings. The average Bonchev–Trinajstić information content (AvgIpc) is 1.64. The first-order valence-electron chi connectivity index (χ1n) is 31.7. The molecule has 14 nitrogen and oxygen atoms in total. The summed E-state index contributed by atoms with van der Waals surface area (Å²) < 4.78 is 39.7. The molecule has 2 aliphatic rings. The van der Waals surface area contributed by atoms with Gasteiger partial charge in [0, 0.05) is 117 Å². The van der Waals surface area contributed by atoms with Crippen molar-refractivity contribution in [3.63, 3.8) is 0 Å². The van der Waals surface area contributed by atoms with E-state index in [1.54, 1.807) is 11.9 Å². The van der Waals surface area contributed by atoms with Crippen LogP contribution >= 0.6 is 0 Å². The number of nitrogens with one attached hydrogen (secondary N) is 1. The van der Waals surface area contributed by atoms with Gasteiger partial charge in [-0.1, -0.05) is 149 Å². The van der Waals surface area contributed by atoms with E-state index < -0.39 is 38.4 Å². The Balaban J connectivity index is 0.000000230. The molecule has 18 heteroatoms. The van der Waals surface area contributed by atoms with Gasteiger partial charge in [0.15, 0.2) is 0 Å². The lowest BCUT2D eigenvalue weighted by atomic mass is 9.76. The normalized spacial score (nSPS) is 15.1. The molecule has 0 spiro atoms. The summed E-state index contributed by atoms with van der Waals surface area (Å²) >= 11 is 0. The van der Waals surface area contributed by atoms with Gasteiger partial charge in [0.25, 0.3) is 0 Å². The van der Waals surface area contributed by atoms with Crippen LogP contribution in [0.2, 0.25) is 103 Å². The summed E-state index contributed by atoms with van der Waals surface area (Å²) in [5.74, 6) is 0. The van der Waals surface area contributed by atoms with Gasteiger partial charge in [0.2, 0.25) is 0 Å². The average molecular weight is 1240 g/mol. The Morgan fingerprint density at radius 2 is 0.977 bits per heavy atom. The van der Waals surface area contributed by atoms with Gasteiger partial charge in [-0.05, 0) is 115 Å². The second kappa shape index (κ2) is 27.8. The van der Waals surface area contributed by atoms with E-state index in [2.05, 4.69) is 173 Å². The zero-order valence-corrected chi connectivity index (χ0v) is 60.0. The standard InChI is InChI=1S/C38H56N4O4Si2.C30H50N4O2Si2/c1-38(2)18-17-32-35(25-38)42(28-45-20-22-48(7,8)9)39-36(32)34-23-30-15-16-31(24-33(30)41(34)27-44-19-21-47(4,5)6)40(3)37(43)46-26-29-13-11-10-12-14-29;1-30(2)13-12-25-28(20-30)34(22-36-15-17-38(7,8)9)32-29(25)27-18-23-10-11-24(31-3)19-26(23)33(27)21-35-14-16-37(4,5)6/h10-16,23-24H,17-22,25-28H2,1-9H3;10-11,18-19,31H,12-17,20-22H2,1-9H3. The molecular formula is C68H106N8O6Si4. The van der Waals surface area contributed by atoms with Crippen LogP contribution in [0.25, 0.3) is 44.6 Å². The van der Waals surface area contributed by atoms with Crippen molar-refractivity contribution in [3.05, 3.63) is 107 Å². The summed E-state index contributed by atoms with van der Waals surface area (Å²) in [7, 11) is -1.00. The van der Waals surface area contributed by atoms with Crippen molar-refractivity contribution < 1.29 is 28.5 Å². The van der Waals surface area contributed by atoms with E-state index in [1.807, 2.05) is 43.4 Å². The molecule has 1 amide bonds. The molecule has 0 unspecified atom stereocenters. The fraction of sp³-hybridized carbons (Fsp3) is 0.574. The minimum absolute atomic E-state index is 0.210. The predicted octanol–water partition coefficient (Wildman–Crippen LogP) is 17.1. The number of fused-ring (bicyclic) bond motifs is 4. The monoisotopic (exact) mass is 1240 g/mol. The van der Waals surface area contributed by atoms with Crippen LogP contribution in [0, 0.1) is 10.8 Å². The van der Waals surface area contributed by atoms with Crippen LogP contribution in [-0.2, 0) is 82.9 Å². The Hall–Kier alpha value is -5.06. The van der Waals surface area contributed by atoms with Gasteiger partial charge in [0.1, 0.15) is 44.9 Å². The van der Waals surface area contributed by atoms with E-state index in [4.69, 9.17) is 33.9 Å². The van der Waals surface area contributed by atoms with E-state index in [1.165, 1.54) is 45.9 Å². The van der Waals surface area contributed by atoms with E-state index in [0.717, 1.165) is 121 Å². The van der Waals surface area contributed by atoms with Crippen LogP contribution in [0.4, 0.5) is 16.2 Å². The zero-order valence-electron chi connectivity index (χ0n) is 56.0. The van der Waals surface area contributed by atoms with Gasteiger partial charge in [-0.25, -0.2) is 14.2 Å².